The number of unbranched alkanes of at least 4 members (excludes halogenated alkanes) is 1. The van der Waals surface area contributed by atoms with E-state index in [0.717, 1.165) is 42.1 Å². The third kappa shape index (κ3) is 1.64. The van der Waals surface area contributed by atoms with Crippen molar-refractivity contribution >= 4 is 15.9 Å². The Balaban J connectivity index is 1.42. The molecule has 2 heteroatoms. The van der Waals surface area contributed by atoms with Gasteiger partial charge in [-0.2, -0.15) is 0 Å². The molecule has 6 unspecified atom stereocenters. The van der Waals surface area contributed by atoms with Crippen LogP contribution in [0.1, 0.15) is 38.2 Å². The van der Waals surface area contributed by atoms with Gasteiger partial charge in [0, 0.05) is 4.83 Å². The first kappa shape index (κ1) is 14.0. The Labute approximate surface area is 141 Å². The third-order valence-electron chi connectivity index (χ3n) is 7.29. The van der Waals surface area contributed by atoms with E-state index in [2.05, 4.69) is 53.2 Å². The van der Waals surface area contributed by atoms with Crippen LogP contribution in [0.25, 0.3) is 0 Å². The maximum absolute atomic E-state index is 6.77. The van der Waals surface area contributed by atoms with Gasteiger partial charge in [0.05, 0.1) is 12.2 Å². The summed E-state index contributed by atoms with van der Waals surface area (Å²) >= 11 is 4.13. The molecule has 1 aromatic rings. The molecule has 6 bridgehead atoms. The van der Waals surface area contributed by atoms with Crippen molar-refractivity contribution in [2.75, 3.05) is 0 Å². The number of benzene rings is 1. The molecule has 1 aromatic carbocycles. The summed E-state index contributed by atoms with van der Waals surface area (Å²) in [5.74, 6) is 5.91. The van der Waals surface area contributed by atoms with Crippen molar-refractivity contribution in [1.82, 2.24) is 0 Å². The SMILES string of the molecule is CCCC[C@@]1(OCc2ccccc2)C2C3CC4C(C42)C3[C@@H]1Br. The number of ether oxygens (including phenoxy) is 1. The lowest BCUT2D eigenvalue weighted by atomic mass is 9.79. The minimum absolute atomic E-state index is 0.119. The predicted molar refractivity (Wildman–Crippen MR) is 91.8 cm³/mol. The maximum atomic E-state index is 6.77. The second kappa shape index (κ2) is 4.83. The van der Waals surface area contributed by atoms with Gasteiger partial charge < -0.3 is 4.74 Å². The molecular formula is C20H25BrO. The lowest BCUT2D eigenvalue weighted by molar-refractivity contribution is -0.0996. The molecule has 22 heavy (non-hydrogen) atoms. The van der Waals surface area contributed by atoms with Crippen LogP contribution in [0.2, 0.25) is 0 Å². The Morgan fingerprint density at radius 1 is 1.14 bits per heavy atom. The van der Waals surface area contributed by atoms with Gasteiger partial charge in [0.1, 0.15) is 0 Å². The van der Waals surface area contributed by atoms with Gasteiger partial charge in [-0.3, -0.25) is 0 Å². The van der Waals surface area contributed by atoms with Crippen molar-refractivity contribution in [1.29, 1.82) is 0 Å². The van der Waals surface area contributed by atoms with Crippen molar-refractivity contribution in [2.24, 2.45) is 35.5 Å². The minimum Gasteiger partial charge on any atom is -0.369 e. The molecular weight excluding hydrogens is 336 g/mol. The summed E-state index contributed by atoms with van der Waals surface area (Å²) < 4.78 is 6.77. The molecule has 0 spiro atoms. The van der Waals surface area contributed by atoms with Crippen LogP contribution < -0.4 is 0 Å². The summed E-state index contributed by atoms with van der Waals surface area (Å²) in [5.41, 5.74) is 1.44. The Bertz CT molecular complexity index is 572. The number of rotatable bonds is 6. The van der Waals surface area contributed by atoms with Crippen LogP contribution >= 0.6 is 15.9 Å². The van der Waals surface area contributed by atoms with Crippen LogP contribution in [0.4, 0.5) is 0 Å². The zero-order valence-electron chi connectivity index (χ0n) is 13.2. The van der Waals surface area contributed by atoms with E-state index in [-0.39, 0.29) is 5.60 Å². The molecule has 8 atom stereocenters. The summed E-state index contributed by atoms with van der Waals surface area (Å²) in [5, 5.41) is 0. The standard InChI is InChI=1S/C20H25BrO/c1-2-3-9-20(22-11-12-7-5-4-6-8-12)18-14-10-13-15(16(13)18)17(14)19(20)21/h4-8,13-19H,2-3,9-11H2,1H3/t13?,14?,15?,16?,17?,18?,19-,20+/m0/s1. The molecule has 5 aliphatic rings. The van der Waals surface area contributed by atoms with E-state index in [1.165, 1.54) is 31.2 Å². The highest BCUT2D eigenvalue weighted by molar-refractivity contribution is 9.09. The van der Waals surface area contributed by atoms with E-state index in [4.69, 9.17) is 4.74 Å². The predicted octanol–water partition coefficient (Wildman–Crippen LogP) is 5.04. The van der Waals surface area contributed by atoms with Crippen LogP contribution in [0, 0.1) is 35.5 Å². The molecule has 0 amide bonds. The van der Waals surface area contributed by atoms with E-state index >= 15 is 0 Å². The van der Waals surface area contributed by atoms with Crippen LogP contribution in [0.15, 0.2) is 30.3 Å². The average molecular weight is 361 g/mol. The fourth-order valence-corrected chi connectivity index (χ4v) is 8.04. The molecule has 6 rings (SSSR count). The fourth-order valence-electron chi connectivity index (χ4n) is 6.63. The highest BCUT2D eigenvalue weighted by Gasteiger charge is 2.84. The van der Waals surface area contributed by atoms with Gasteiger partial charge in [-0.1, -0.05) is 66.0 Å². The summed E-state index contributed by atoms with van der Waals surface area (Å²) in [4.78, 5) is 0.596. The summed E-state index contributed by atoms with van der Waals surface area (Å²) in [7, 11) is 0. The fraction of sp³-hybridized carbons (Fsp3) is 0.700. The van der Waals surface area contributed by atoms with Gasteiger partial charge in [0.2, 0.25) is 0 Å². The first-order valence-electron chi connectivity index (χ1n) is 9.10. The number of hydrogen-bond acceptors (Lipinski definition) is 1. The first-order valence-corrected chi connectivity index (χ1v) is 10.0. The lowest BCUT2D eigenvalue weighted by Crippen LogP contribution is -2.47. The van der Waals surface area contributed by atoms with Crippen LogP contribution in [0.3, 0.4) is 0 Å². The normalized spacial score (nSPS) is 49.8. The van der Waals surface area contributed by atoms with Gasteiger partial charge in [0.15, 0.2) is 0 Å². The quantitative estimate of drug-likeness (QED) is 0.645. The van der Waals surface area contributed by atoms with Gasteiger partial charge in [0.25, 0.3) is 0 Å². The molecule has 118 valence electrons. The largest absolute Gasteiger partial charge is 0.369 e. The third-order valence-corrected chi connectivity index (χ3v) is 8.68. The van der Waals surface area contributed by atoms with E-state index in [9.17, 15) is 0 Å². The summed E-state index contributed by atoms with van der Waals surface area (Å²) in [6.07, 6.45) is 5.33. The molecule has 0 saturated heterocycles. The Hall–Kier alpha value is -0.340. The Morgan fingerprint density at radius 2 is 1.95 bits per heavy atom. The summed E-state index contributed by atoms with van der Waals surface area (Å²) in [6, 6.07) is 10.7. The summed E-state index contributed by atoms with van der Waals surface area (Å²) in [6.45, 7) is 3.09. The maximum Gasteiger partial charge on any atom is 0.0847 e. The molecule has 1 nitrogen and oxygen atoms in total. The second-order valence-electron chi connectivity index (χ2n) is 8.06. The van der Waals surface area contributed by atoms with E-state index in [0.29, 0.717) is 4.83 Å². The molecule has 0 N–H and O–H groups in total. The molecule has 0 heterocycles. The smallest absolute Gasteiger partial charge is 0.0847 e. The average Bonchev–Trinajstić information content (AvgIpc) is 2.90. The van der Waals surface area contributed by atoms with Gasteiger partial charge in [-0.15, -0.1) is 0 Å². The Kier molecular flexibility index (Phi) is 3.08. The Morgan fingerprint density at radius 3 is 2.64 bits per heavy atom. The number of hydrogen-bond donors (Lipinski definition) is 0. The zero-order valence-corrected chi connectivity index (χ0v) is 14.8. The van der Waals surface area contributed by atoms with Crippen molar-refractivity contribution in [3.8, 4) is 0 Å². The van der Waals surface area contributed by atoms with Crippen molar-refractivity contribution in [3.05, 3.63) is 35.9 Å². The van der Waals surface area contributed by atoms with Crippen LogP contribution in [-0.4, -0.2) is 10.4 Å². The van der Waals surface area contributed by atoms with Crippen molar-refractivity contribution < 1.29 is 4.74 Å². The molecule has 0 aromatic heterocycles. The second-order valence-corrected chi connectivity index (χ2v) is 9.04. The molecule has 0 aliphatic heterocycles. The van der Waals surface area contributed by atoms with Crippen molar-refractivity contribution in [2.45, 2.75) is 49.6 Å². The van der Waals surface area contributed by atoms with E-state index in [1.54, 1.807) is 0 Å². The van der Waals surface area contributed by atoms with Gasteiger partial charge in [-0.25, -0.2) is 0 Å². The van der Waals surface area contributed by atoms with Gasteiger partial charge in [-0.05, 0) is 53.9 Å². The van der Waals surface area contributed by atoms with E-state index < -0.39 is 0 Å². The highest BCUT2D eigenvalue weighted by Crippen LogP contribution is 2.84. The zero-order chi connectivity index (χ0) is 14.9. The van der Waals surface area contributed by atoms with Crippen LogP contribution in [-0.2, 0) is 11.3 Å². The molecule has 0 radical (unpaired) electrons. The number of alkyl halides is 1. The lowest BCUT2D eigenvalue weighted by Gasteiger charge is -2.41. The topological polar surface area (TPSA) is 9.23 Å². The van der Waals surface area contributed by atoms with Gasteiger partial charge >= 0.3 is 0 Å². The van der Waals surface area contributed by atoms with Crippen LogP contribution in [0.5, 0.6) is 0 Å². The monoisotopic (exact) mass is 360 g/mol. The molecule has 5 saturated carbocycles. The molecule has 5 fully saturated rings. The highest BCUT2D eigenvalue weighted by atomic mass is 79.9. The van der Waals surface area contributed by atoms with E-state index in [1.807, 2.05) is 0 Å². The van der Waals surface area contributed by atoms with Crippen molar-refractivity contribution in [3.63, 3.8) is 0 Å². The number of halogens is 1. The first-order chi connectivity index (χ1) is 10.8. The minimum atomic E-state index is 0.119. The molecule has 5 aliphatic carbocycles.